The van der Waals surface area contributed by atoms with Crippen molar-refractivity contribution >= 4 is 28.3 Å². The molecule has 2 unspecified atom stereocenters. The summed E-state index contributed by atoms with van der Waals surface area (Å²) < 4.78 is 112. The number of carbonyl (C=O) groups is 2. The zero-order chi connectivity index (χ0) is 34.8. The summed E-state index contributed by atoms with van der Waals surface area (Å²) >= 11 is 0. The van der Waals surface area contributed by atoms with Crippen LogP contribution in [0.3, 0.4) is 0 Å². The van der Waals surface area contributed by atoms with Gasteiger partial charge in [-0.1, -0.05) is 36.4 Å². The molecule has 0 bridgehead atoms. The average molecular weight is 670 g/mol. The van der Waals surface area contributed by atoms with Gasteiger partial charge < -0.3 is 20.3 Å². The molecule has 7 nitrogen and oxygen atoms in total. The van der Waals surface area contributed by atoms with E-state index in [1.54, 1.807) is 0 Å². The fourth-order valence-corrected chi connectivity index (χ4v) is 5.18. The molecule has 0 fully saturated rings. The number of alkyl halides is 6. The van der Waals surface area contributed by atoms with Crippen LogP contribution >= 0.6 is 0 Å². The summed E-state index contributed by atoms with van der Waals surface area (Å²) in [5.74, 6) is -6.15. The normalized spacial score (nSPS) is 13.1. The lowest BCUT2D eigenvalue weighted by Crippen LogP contribution is -2.43. The lowest BCUT2D eigenvalue weighted by Gasteiger charge is -2.20. The molecule has 0 aliphatic rings. The van der Waals surface area contributed by atoms with E-state index in [0.29, 0.717) is 12.1 Å². The van der Waals surface area contributed by atoms with Crippen molar-refractivity contribution in [2.45, 2.75) is 44.5 Å². The molecule has 250 valence electrons. The van der Waals surface area contributed by atoms with Gasteiger partial charge in [0, 0.05) is 31.3 Å². The number of anilines is 1. The number of aliphatic carboxylic acids is 1. The number of carboxylic acid groups (broad SMARTS) is 1. The summed E-state index contributed by atoms with van der Waals surface area (Å²) in [5, 5.41) is 14.4. The maximum atomic E-state index is 14.8. The number of rotatable bonds is 11. The molecule has 4 rings (SSSR count). The first-order valence-corrected chi connectivity index (χ1v) is 14.0. The quantitative estimate of drug-likeness (QED) is 0.156. The first-order valence-electron chi connectivity index (χ1n) is 14.0. The zero-order valence-electron chi connectivity index (χ0n) is 24.7. The summed E-state index contributed by atoms with van der Waals surface area (Å²) in [6.07, 6.45) is -9.12. The van der Waals surface area contributed by atoms with Crippen molar-refractivity contribution in [2.24, 2.45) is 7.05 Å². The van der Waals surface area contributed by atoms with Gasteiger partial charge in [0.2, 0.25) is 0 Å². The van der Waals surface area contributed by atoms with Crippen molar-refractivity contribution < 1.29 is 49.8 Å². The Balaban J connectivity index is 1.70. The number of hydrogen-bond donors (Lipinski definition) is 3. The van der Waals surface area contributed by atoms with Gasteiger partial charge in [-0.2, -0.15) is 13.2 Å². The number of aromatic nitrogens is 1. The number of aryl methyl sites for hydroxylation is 1. The van der Waals surface area contributed by atoms with Crippen molar-refractivity contribution in [3.63, 3.8) is 0 Å². The number of carboxylic acids is 1. The fraction of sp³-hybridized carbons (Fsp3) is 0.281. The molecule has 0 saturated carbocycles. The van der Waals surface area contributed by atoms with Gasteiger partial charge >= 0.3 is 12.1 Å². The first kappa shape index (κ1) is 34.9. The van der Waals surface area contributed by atoms with E-state index in [9.17, 15) is 54.6 Å². The number of nitrogens with one attached hydrogen (secondary N) is 2. The van der Waals surface area contributed by atoms with E-state index < -0.39 is 95.6 Å². The van der Waals surface area contributed by atoms with Crippen molar-refractivity contribution in [3.8, 4) is 11.1 Å². The highest BCUT2D eigenvalue weighted by Gasteiger charge is 2.36. The van der Waals surface area contributed by atoms with Gasteiger partial charge in [-0.15, -0.1) is 0 Å². The van der Waals surface area contributed by atoms with Crippen LogP contribution in [0, 0.1) is 18.6 Å². The highest BCUT2D eigenvalue weighted by atomic mass is 19.4. The maximum Gasteiger partial charge on any atom is 0.417 e. The molecule has 3 N–H and O–H groups in total. The van der Waals surface area contributed by atoms with Crippen LogP contribution in [0.4, 0.5) is 40.8 Å². The Morgan fingerprint density at radius 3 is 2.15 bits per heavy atom. The number of halogens is 8. The molecule has 4 aromatic rings. The molecular weight excluding hydrogens is 642 g/mol. The average Bonchev–Trinajstić information content (AvgIpc) is 2.98. The van der Waals surface area contributed by atoms with Gasteiger partial charge in [-0.25, -0.2) is 22.4 Å². The van der Waals surface area contributed by atoms with Crippen LogP contribution in [-0.4, -0.2) is 46.7 Å². The molecule has 1 heterocycles. The molecule has 3 aromatic carbocycles. The molecule has 1 aromatic heterocycles. The summed E-state index contributed by atoms with van der Waals surface area (Å²) in [4.78, 5) is 38.2. The highest BCUT2D eigenvalue weighted by Crippen LogP contribution is 2.39. The predicted molar refractivity (Wildman–Crippen MR) is 157 cm³/mol. The number of nitrogens with zero attached hydrogens (tertiary/aromatic N) is 1. The minimum atomic E-state index is -4.89. The SMILES string of the molecule is Cc1cc(C(F)(F)F)c(-c2ccc(CC(NC(=O)c3c(F)cc(NC(CCF)C(F)F)cc3F)C(=O)O)c3ccccc23)c(=O)n1C. The van der Waals surface area contributed by atoms with E-state index in [1.165, 1.54) is 50.4 Å². The summed E-state index contributed by atoms with van der Waals surface area (Å²) in [5.41, 5.74) is -4.21. The third kappa shape index (κ3) is 7.39. The Labute approximate surface area is 261 Å². The van der Waals surface area contributed by atoms with Gasteiger partial charge in [-0.3, -0.25) is 14.0 Å². The van der Waals surface area contributed by atoms with Crippen LogP contribution in [0.15, 0.2) is 59.4 Å². The van der Waals surface area contributed by atoms with E-state index in [-0.39, 0.29) is 27.6 Å². The summed E-state index contributed by atoms with van der Waals surface area (Å²) in [6.45, 7) is 0.212. The zero-order valence-corrected chi connectivity index (χ0v) is 24.7. The molecule has 0 aliphatic carbocycles. The molecule has 0 radical (unpaired) electrons. The minimum absolute atomic E-state index is 0.0694. The largest absolute Gasteiger partial charge is 0.480 e. The molecule has 2 atom stereocenters. The lowest BCUT2D eigenvalue weighted by molar-refractivity contribution is -0.139. The maximum absolute atomic E-state index is 14.8. The minimum Gasteiger partial charge on any atom is -0.480 e. The second kappa shape index (κ2) is 13.8. The molecule has 0 aliphatic heterocycles. The van der Waals surface area contributed by atoms with E-state index in [1.807, 2.05) is 5.32 Å². The number of pyridine rings is 1. The third-order valence-corrected chi connectivity index (χ3v) is 7.63. The number of carbonyl (C=O) groups excluding carboxylic acids is 1. The second-order valence-corrected chi connectivity index (χ2v) is 10.7. The Hall–Kier alpha value is -4.95. The van der Waals surface area contributed by atoms with Gasteiger partial charge in [0.25, 0.3) is 17.9 Å². The molecule has 15 heteroatoms. The fourth-order valence-electron chi connectivity index (χ4n) is 5.18. The molecule has 47 heavy (non-hydrogen) atoms. The van der Waals surface area contributed by atoms with Crippen LogP contribution in [-0.2, 0) is 24.4 Å². The molecular formula is C32H27F8N3O4. The number of fused-ring (bicyclic) bond motifs is 1. The number of hydrogen-bond acceptors (Lipinski definition) is 4. The Bertz CT molecular complexity index is 1870. The summed E-state index contributed by atoms with van der Waals surface area (Å²) in [6, 6.07) is 6.77. The Kier molecular flexibility index (Phi) is 10.3. The number of benzene rings is 3. The Morgan fingerprint density at radius 2 is 1.60 bits per heavy atom. The van der Waals surface area contributed by atoms with E-state index in [2.05, 4.69) is 5.32 Å². The van der Waals surface area contributed by atoms with Crippen molar-refractivity contribution in [3.05, 3.63) is 99.0 Å². The van der Waals surface area contributed by atoms with Crippen LogP contribution in [0.25, 0.3) is 21.9 Å². The molecule has 0 saturated heterocycles. The number of amides is 1. The second-order valence-electron chi connectivity index (χ2n) is 10.7. The van der Waals surface area contributed by atoms with E-state index >= 15 is 0 Å². The van der Waals surface area contributed by atoms with Gasteiger partial charge in [0.1, 0.15) is 23.2 Å². The lowest BCUT2D eigenvalue weighted by atomic mass is 9.90. The smallest absolute Gasteiger partial charge is 0.417 e. The monoisotopic (exact) mass is 669 g/mol. The van der Waals surface area contributed by atoms with E-state index in [0.717, 1.165) is 10.6 Å². The summed E-state index contributed by atoms with van der Waals surface area (Å²) in [7, 11) is 1.32. The molecule has 1 amide bonds. The predicted octanol–water partition coefficient (Wildman–Crippen LogP) is 6.64. The first-order chi connectivity index (χ1) is 22.0. The van der Waals surface area contributed by atoms with Crippen molar-refractivity contribution in [1.29, 1.82) is 0 Å². The highest BCUT2D eigenvalue weighted by molar-refractivity contribution is 6.00. The van der Waals surface area contributed by atoms with Gasteiger partial charge in [0.15, 0.2) is 0 Å². The van der Waals surface area contributed by atoms with Crippen LogP contribution in [0.1, 0.15) is 33.6 Å². The van der Waals surface area contributed by atoms with Crippen LogP contribution < -0.4 is 16.2 Å². The third-order valence-electron chi connectivity index (χ3n) is 7.63. The standard InChI is InChI=1S/C32H27F8N3O4/c1-15-11-21(32(38,39)40)26(30(45)43(15)2)20-8-7-16(18-5-3-4-6-19(18)20)12-25(31(46)47)42-29(44)27-22(34)13-17(14-23(27)35)41-24(9-10-33)28(36)37/h3-8,11,13-14,24-25,28,41H,9-10,12H2,1-2H3,(H,42,44)(H,46,47). The van der Waals surface area contributed by atoms with Gasteiger partial charge in [-0.05, 0) is 47.0 Å². The van der Waals surface area contributed by atoms with Crippen LogP contribution in [0.5, 0.6) is 0 Å². The van der Waals surface area contributed by atoms with Crippen LogP contribution in [0.2, 0.25) is 0 Å². The van der Waals surface area contributed by atoms with Gasteiger partial charge in [0.05, 0.1) is 23.8 Å². The van der Waals surface area contributed by atoms with Crippen molar-refractivity contribution in [1.82, 2.24) is 9.88 Å². The topological polar surface area (TPSA) is 100 Å². The van der Waals surface area contributed by atoms with E-state index in [4.69, 9.17) is 0 Å². The molecule has 0 spiro atoms. The van der Waals surface area contributed by atoms with Crippen molar-refractivity contribution in [2.75, 3.05) is 12.0 Å². The Morgan fingerprint density at radius 1 is 0.979 bits per heavy atom.